The van der Waals surface area contributed by atoms with Crippen molar-refractivity contribution >= 4 is 49.9 Å². The maximum atomic E-state index is 14.0. The quantitative estimate of drug-likeness (QED) is 0.0927. The van der Waals surface area contributed by atoms with Crippen LogP contribution in [0.5, 0.6) is 11.5 Å². The number of carbonyl (C=O) groups is 2. The molecule has 69 heavy (non-hydrogen) atoms. The number of likely N-dealkylation sites (tertiary alicyclic amines) is 1. The zero-order valence-electron chi connectivity index (χ0n) is 39.6. The number of morpholine rings is 2. The highest BCUT2D eigenvalue weighted by Gasteiger charge is 2.50. The summed E-state index contributed by atoms with van der Waals surface area (Å²) in [6.07, 6.45) is 11.6. The Morgan fingerprint density at radius 2 is 1.77 bits per heavy atom. The summed E-state index contributed by atoms with van der Waals surface area (Å²) in [6.45, 7) is 12.1. The minimum atomic E-state index is -4.41. The Morgan fingerprint density at radius 3 is 2.57 bits per heavy atom. The molecule has 5 aliphatic rings. The van der Waals surface area contributed by atoms with Crippen molar-refractivity contribution in [3.63, 3.8) is 0 Å². The fraction of sp³-hybridized carbons (Fsp3) is 0.490. The van der Waals surface area contributed by atoms with Gasteiger partial charge in [-0.3, -0.25) is 19.4 Å². The number of ether oxygens (including phenoxy) is 3. The maximum absolute atomic E-state index is 14.0. The van der Waals surface area contributed by atoms with E-state index in [4.69, 9.17) is 19.9 Å². The van der Waals surface area contributed by atoms with Crippen LogP contribution in [-0.4, -0.2) is 141 Å². The molecule has 0 radical (unpaired) electrons. The Balaban J connectivity index is 0.788. The lowest BCUT2D eigenvalue weighted by atomic mass is 9.59. The van der Waals surface area contributed by atoms with Crippen molar-refractivity contribution in [1.82, 2.24) is 34.4 Å². The van der Waals surface area contributed by atoms with Crippen LogP contribution in [0, 0.1) is 5.41 Å². The van der Waals surface area contributed by atoms with E-state index in [0.717, 1.165) is 56.6 Å². The van der Waals surface area contributed by atoms with Crippen molar-refractivity contribution in [2.24, 2.45) is 5.41 Å². The molecule has 2 aromatic carbocycles. The van der Waals surface area contributed by atoms with E-state index in [1.807, 2.05) is 11.0 Å². The number of pyridine rings is 2. The van der Waals surface area contributed by atoms with Gasteiger partial charge in [0.2, 0.25) is 5.91 Å². The first-order chi connectivity index (χ1) is 33.4. The molecule has 5 aromatic rings. The number of rotatable bonds is 14. The summed E-state index contributed by atoms with van der Waals surface area (Å²) >= 11 is 0. The molecule has 4 saturated heterocycles. The van der Waals surface area contributed by atoms with Gasteiger partial charge in [-0.1, -0.05) is 38.1 Å². The van der Waals surface area contributed by atoms with Crippen LogP contribution in [0.15, 0.2) is 84.1 Å². The first-order valence-corrected chi connectivity index (χ1v) is 26.0. The van der Waals surface area contributed by atoms with Crippen molar-refractivity contribution in [1.29, 1.82) is 0 Å². The second-order valence-corrected chi connectivity index (χ2v) is 21.4. The number of fused-ring (bicyclic) bond motifs is 1. The van der Waals surface area contributed by atoms with Gasteiger partial charge in [-0.25, -0.2) is 23.1 Å². The third kappa shape index (κ3) is 10.3. The number of anilines is 3. The predicted molar refractivity (Wildman–Crippen MR) is 264 cm³/mol. The molecule has 18 heteroatoms. The van der Waals surface area contributed by atoms with Gasteiger partial charge >= 0.3 is 0 Å². The normalized spacial score (nSPS) is 21.4. The molecular weight excluding hydrogens is 897 g/mol. The first kappa shape index (κ1) is 46.9. The molecule has 2 amide bonds. The maximum Gasteiger partial charge on any atom is 0.287 e. The van der Waals surface area contributed by atoms with Gasteiger partial charge in [0.05, 0.1) is 66.8 Å². The number of piperidine rings is 1. The predicted octanol–water partition coefficient (Wildman–Crippen LogP) is 6.13. The van der Waals surface area contributed by atoms with Crippen LogP contribution in [0.4, 0.5) is 17.1 Å². The van der Waals surface area contributed by atoms with Crippen molar-refractivity contribution in [3.05, 3.63) is 96.1 Å². The third-order valence-corrected chi connectivity index (χ3v) is 16.3. The highest BCUT2D eigenvalue weighted by molar-refractivity contribution is 7.90. The standard InChI is InChI=1S/C51H64N10O7S/c1-34(2)41-6-3-4-7-42(41)45-8-5-15-61(45)37-27-51(28-37)12-16-59(17-13-51)36-25-46(68-38-24-35-11-14-53-49(35)56-30-38)48(55-29-36)50(63)57-69(64,65)40-9-10-44(43(52)26-40)54-31-39-32-60(20-23-67-39)47(62)33-58-18-21-66-22-19-58/h3-4,6-7,9-11,14,24-26,29-30,34,37,39,45,54H,5,8,12-13,15-23,27-28,31-33,52H2,1-2H3,(H,53,56)(H,57,63). The van der Waals surface area contributed by atoms with Crippen LogP contribution in [-0.2, 0) is 24.3 Å². The van der Waals surface area contributed by atoms with E-state index < -0.39 is 15.9 Å². The lowest BCUT2D eigenvalue weighted by Crippen LogP contribution is -2.55. The fourth-order valence-electron chi connectivity index (χ4n) is 11.1. The minimum Gasteiger partial charge on any atom is -0.453 e. The number of benzene rings is 2. The highest BCUT2D eigenvalue weighted by atomic mass is 32.2. The molecule has 4 aliphatic heterocycles. The topological polar surface area (TPSA) is 201 Å². The molecule has 1 aliphatic carbocycles. The summed E-state index contributed by atoms with van der Waals surface area (Å²) in [4.78, 5) is 47.9. The van der Waals surface area contributed by atoms with Crippen LogP contribution < -0.4 is 25.4 Å². The van der Waals surface area contributed by atoms with Gasteiger partial charge in [0.25, 0.3) is 15.9 Å². The van der Waals surface area contributed by atoms with Gasteiger partial charge in [0.15, 0.2) is 11.4 Å². The first-order valence-electron chi connectivity index (χ1n) is 24.5. The van der Waals surface area contributed by atoms with Crippen molar-refractivity contribution in [2.45, 2.75) is 81.4 Å². The highest BCUT2D eigenvalue weighted by Crippen LogP contribution is 2.54. The van der Waals surface area contributed by atoms with Gasteiger partial charge in [-0.15, -0.1) is 0 Å². The monoisotopic (exact) mass is 960 g/mol. The molecule has 1 saturated carbocycles. The van der Waals surface area contributed by atoms with Crippen molar-refractivity contribution < 1.29 is 32.2 Å². The molecule has 3 aromatic heterocycles. The van der Waals surface area contributed by atoms with E-state index in [9.17, 15) is 18.0 Å². The van der Waals surface area contributed by atoms with E-state index in [1.165, 1.54) is 48.9 Å². The number of amides is 2. The molecule has 7 heterocycles. The largest absolute Gasteiger partial charge is 0.453 e. The Hall–Kier alpha value is -5.79. The minimum absolute atomic E-state index is 0.0499. The molecule has 2 unspecified atom stereocenters. The Kier molecular flexibility index (Phi) is 13.5. The van der Waals surface area contributed by atoms with Gasteiger partial charge in [-0.05, 0) is 97.9 Å². The molecular formula is C51H64N10O7S. The SMILES string of the molecule is CC(C)c1ccccc1C1CCCN1C1CC2(CCN(c3cnc(C(=O)NS(=O)(=O)c4ccc(NCC5CN(C(=O)CN6CCOCC6)CCO5)c(N)c4)c(Oc4cnc5[nH]ccc5c4)c3)CC2)C1. The van der Waals surface area contributed by atoms with Crippen LogP contribution >= 0.6 is 0 Å². The van der Waals surface area contributed by atoms with Gasteiger partial charge in [0, 0.05) is 75.5 Å². The molecule has 5 N–H and O–H groups in total. The summed E-state index contributed by atoms with van der Waals surface area (Å²) < 4.78 is 47.5. The molecule has 5 fully saturated rings. The Labute approximate surface area is 404 Å². The van der Waals surface area contributed by atoms with Gasteiger partial charge in [-0.2, -0.15) is 0 Å². The number of carbonyl (C=O) groups excluding carboxylic acids is 2. The second kappa shape index (κ2) is 19.9. The Bertz CT molecular complexity index is 2760. The molecule has 1 spiro atoms. The number of nitrogens with two attached hydrogens (primary N) is 1. The number of hydrogen-bond acceptors (Lipinski definition) is 14. The summed E-state index contributed by atoms with van der Waals surface area (Å²) in [7, 11) is -4.41. The van der Waals surface area contributed by atoms with Crippen molar-refractivity contribution in [3.8, 4) is 11.5 Å². The van der Waals surface area contributed by atoms with Crippen LogP contribution in [0.1, 0.15) is 85.9 Å². The average Bonchev–Trinajstić information content (AvgIpc) is 4.03. The molecule has 17 nitrogen and oxygen atoms in total. The second-order valence-electron chi connectivity index (χ2n) is 19.7. The zero-order chi connectivity index (χ0) is 47.7. The molecule has 10 rings (SSSR count). The summed E-state index contributed by atoms with van der Waals surface area (Å²) in [5.41, 5.74) is 11.6. The molecule has 366 valence electrons. The zero-order valence-corrected chi connectivity index (χ0v) is 40.4. The third-order valence-electron chi connectivity index (χ3n) is 15.0. The Morgan fingerprint density at radius 1 is 0.957 bits per heavy atom. The van der Waals surface area contributed by atoms with E-state index in [0.29, 0.717) is 86.5 Å². The van der Waals surface area contributed by atoms with E-state index in [-0.39, 0.29) is 34.0 Å². The number of hydrogen-bond donors (Lipinski definition) is 4. The van der Waals surface area contributed by atoms with Crippen LogP contribution in [0.25, 0.3) is 11.0 Å². The number of aromatic amines is 1. The number of aromatic nitrogens is 3. The number of nitrogen functional groups attached to an aromatic ring is 1. The van der Waals surface area contributed by atoms with Gasteiger partial charge in [0.1, 0.15) is 11.4 Å². The van der Waals surface area contributed by atoms with Gasteiger partial charge < -0.3 is 40.0 Å². The van der Waals surface area contributed by atoms with E-state index in [1.54, 1.807) is 36.8 Å². The lowest BCUT2D eigenvalue weighted by molar-refractivity contribution is -0.140. The number of H-pyrrole nitrogens is 1. The number of nitrogens with zero attached hydrogens (tertiary/aromatic N) is 6. The number of sulfonamides is 1. The summed E-state index contributed by atoms with van der Waals surface area (Å²) in [6, 6.07) is 19.8. The van der Waals surface area contributed by atoms with Crippen LogP contribution in [0.3, 0.4) is 0 Å². The van der Waals surface area contributed by atoms with Crippen molar-refractivity contribution in [2.75, 3.05) is 94.7 Å². The average molecular weight is 961 g/mol. The number of nitrogens with one attached hydrogen (secondary N) is 3. The van der Waals surface area contributed by atoms with E-state index in [2.05, 4.69) is 77.8 Å². The molecule has 0 bridgehead atoms. The molecule has 2 atom stereocenters. The van der Waals surface area contributed by atoms with E-state index >= 15 is 0 Å². The lowest BCUT2D eigenvalue weighted by Gasteiger charge is -2.56. The fourth-order valence-corrected chi connectivity index (χ4v) is 12.1. The summed E-state index contributed by atoms with van der Waals surface area (Å²) in [5, 5.41) is 4.05. The van der Waals surface area contributed by atoms with Crippen LogP contribution in [0.2, 0.25) is 0 Å². The smallest absolute Gasteiger partial charge is 0.287 e. The summed E-state index contributed by atoms with van der Waals surface area (Å²) in [5.74, 6) is 0.0676.